The lowest BCUT2D eigenvalue weighted by Crippen LogP contribution is -2.17. The van der Waals surface area contributed by atoms with Crippen LogP contribution in [0.3, 0.4) is 0 Å². The number of H-pyrrole nitrogens is 2. The first-order valence-electron chi connectivity index (χ1n) is 10.5. The Kier molecular flexibility index (Phi) is 6.85. The fourth-order valence-electron chi connectivity index (χ4n) is 3.12. The molecule has 5 rings (SSSR count). The number of aromatic nitrogens is 7. The number of amides is 2. The van der Waals surface area contributed by atoms with Crippen LogP contribution in [0.4, 0.5) is 14.5 Å². The van der Waals surface area contributed by atoms with E-state index in [1.807, 2.05) is 0 Å². The van der Waals surface area contributed by atoms with Crippen LogP contribution < -0.4 is 10.1 Å². The maximum absolute atomic E-state index is 13.0. The van der Waals surface area contributed by atoms with Gasteiger partial charge in [0.05, 0.1) is 35.5 Å². The predicted octanol–water partition coefficient (Wildman–Crippen LogP) is 2.94. The van der Waals surface area contributed by atoms with Crippen LogP contribution in [0.25, 0.3) is 27.8 Å². The van der Waals surface area contributed by atoms with E-state index in [0.717, 1.165) is 0 Å². The number of halogens is 2. The number of fused-ring (bicyclic) bond motifs is 2. The second-order valence-corrected chi connectivity index (χ2v) is 7.66. The van der Waals surface area contributed by atoms with Gasteiger partial charge in [0, 0.05) is 50.4 Å². The van der Waals surface area contributed by atoms with E-state index in [1.165, 1.54) is 34.8 Å². The van der Waals surface area contributed by atoms with Crippen molar-refractivity contribution in [2.24, 2.45) is 0 Å². The van der Waals surface area contributed by atoms with E-state index in [4.69, 9.17) is 0 Å². The summed E-state index contributed by atoms with van der Waals surface area (Å²) in [5.41, 5.74) is 2.01. The normalized spacial score (nSPS) is 10.8. The number of carbonyl (C=O) groups excluding carboxylic acids is 2. The minimum Gasteiger partial charge on any atom is -0.434 e. The van der Waals surface area contributed by atoms with Crippen LogP contribution in [0.1, 0.15) is 17.3 Å². The van der Waals surface area contributed by atoms with Crippen LogP contribution in [-0.2, 0) is 4.79 Å². The van der Waals surface area contributed by atoms with Crippen LogP contribution in [0.2, 0.25) is 0 Å². The molecule has 3 N–H and O–H groups in total. The third-order valence-electron chi connectivity index (χ3n) is 5.07. The highest BCUT2D eigenvalue weighted by Crippen LogP contribution is 2.37. The lowest BCUT2D eigenvalue weighted by atomic mass is 10.1. The minimum absolute atomic E-state index is 0.0926. The third-order valence-corrected chi connectivity index (χ3v) is 5.07. The fraction of sp³-hybridized carbons (Fsp3) is 0.182. The summed E-state index contributed by atoms with van der Waals surface area (Å²) in [5, 5.41) is 20.7. The first-order chi connectivity index (χ1) is 17.2. The lowest BCUT2D eigenvalue weighted by molar-refractivity contribution is -0.126. The molecule has 0 aliphatic carbocycles. The quantitative estimate of drug-likeness (QED) is 0.338. The van der Waals surface area contributed by atoms with E-state index in [2.05, 4.69) is 40.5 Å². The number of anilines is 1. The Hall–Kier alpha value is -4.88. The summed E-state index contributed by atoms with van der Waals surface area (Å²) in [5.74, 6) is -0.485. The number of benzene rings is 1. The summed E-state index contributed by atoms with van der Waals surface area (Å²) in [6, 6.07) is 4.70. The zero-order valence-corrected chi connectivity index (χ0v) is 19.4. The summed E-state index contributed by atoms with van der Waals surface area (Å²) in [6.07, 6.45) is 7.52. The summed E-state index contributed by atoms with van der Waals surface area (Å²) in [4.78, 5) is 28.5. The lowest BCUT2D eigenvalue weighted by Gasteiger charge is -2.12. The molecule has 0 aliphatic rings. The Bertz CT molecular complexity index is 1520. The average Bonchev–Trinajstić information content (AvgIpc) is 3.57. The van der Waals surface area contributed by atoms with Crippen LogP contribution in [0.5, 0.6) is 5.75 Å². The third kappa shape index (κ3) is 5.11. The summed E-state index contributed by atoms with van der Waals surface area (Å²) >= 11 is 0. The second-order valence-electron chi connectivity index (χ2n) is 7.66. The van der Waals surface area contributed by atoms with Gasteiger partial charge in [-0.15, -0.1) is 0 Å². The minimum atomic E-state index is -3.03. The van der Waals surface area contributed by atoms with Gasteiger partial charge in [0.15, 0.2) is 5.65 Å². The number of nitrogens with one attached hydrogen (secondary N) is 3. The molecular formula is C22H21F2N9O3. The van der Waals surface area contributed by atoms with Gasteiger partial charge in [0.2, 0.25) is 5.91 Å². The highest BCUT2D eigenvalue weighted by atomic mass is 19.3. The zero-order valence-electron chi connectivity index (χ0n) is 19.4. The Balaban J connectivity index is 0.000000455. The largest absolute Gasteiger partial charge is 0.434 e. The topological polar surface area (TPSA) is 146 Å². The first kappa shape index (κ1) is 24.3. The Labute approximate surface area is 202 Å². The monoisotopic (exact) mass is 497 g/mol. The van der Waals surface area contributed by atoms with Crippen LogP contribution in [0.15, 0.2) is 49.2 Å². The van der Waals surface area contributed by atoms with Crippen molar-refractivity contribution < 1.29 is 23.1 Å². The highest BCUT2D eigenvalue weighted by Gasteiger charge is 2.21. The van der Waals surface area contributed by atoms with Crippen LogP contribution in [-0.4, -0.2) is 72.4 Å². The summed E-state index contributed by atoms with van der Waals surface area (Å²) in [6.45, 7) is -1.50. The van der Waals surface area contributed by atoms with Crippen molar-refractivity contribution in [3.8, 4) is 17.0 Å². The molecule has 1 aromatic carbocycles. The van der Waals surface area contributed by atoms with Gasteiger partial charge in [-0.1, -0.05) is 0 Å². The fourth-order valence-corrected chi connectivity index (χ4v) is 3.12. The Morgan fingerprint density at radius 2 is 1.89 bits per heavy atom. The molecule has 0 saturated heterocycles. The molecule has 4 aromatic heterocycles. The van der Waals surface area contributed by atoms with Crippen molar-refractivity contribution in [3.05, 3.63) is 54.7 Å². The van der Waals surface area contributed by atoms with Gasteiger partial charge in [-0.3, -0.25) is 19.8 Å². The van der Waals surface area contributed by atoms with Gasteiger partial charge in [-0.05, 0) is 12.1 Å². The Morgan fingerprint density at radius 1 is 1.14 bits per heavy atom. The number of hydrogen-bond acceptors (Lipinski definition) is 7. The molecule has 0 fully saturated rings. The summed E-state index contributed by atoms with van der Waals surface area (Å²) in [7, 11) is 3.45. The van der Waals surface area contributed by atoms with Crippen LogP contribution >= 0.6 is 0 Å². The van der Waals surface area contributed by atoms with E-state index >= 15 is 0 Å². The van der Waals surface area contributed by atoms with E-state index < -0.39 is 12.5 Å². The number of carbonyl (C=O) groups is 2. The molecule has 0 saturated carbocycles. The van der Waals surface area contributed by atoms with Gasteiger partial charge in [-0.25, -0.2) is 9.50 Å². The zero-order chi connectivity index (χ0) is 25.8. The molecular weight excluding hydrogens is 476 g/mol. The predicted molar refractivity (Wildman–Crippen MR) is 126 cm³/mol. The van der Waals surface area contributed by atoms with Crippen molar-refractivity contribution in [1.82, 2.24) is 39.9 Å². The molecule has 2 amide bonds. The van der Waals surface area contributed by atoms with Crippen molar-refractivity contribution in [2.45, 2.75) is 13.5 Å². The van der Waals surface area contributed by atoms with Crippen molar-refractivity contribution in [1.29, 1.82) is 0 Å². The summed E-state index contributed by atoms with van der Waals surface area (Å²) < 4.78 is 32.0. The van der Waals surface area contributed by atoms with E-state index in [0.29, 0.717) is 22.2 Å². The van der Waals surface area contributed by atoms with E-state index in [1.54, 1.807) is 44.8 Å². The molecule has 0 bridgehead atoms. The van der Waals surface area contributed by atoms with Gasteiger partial charge < -0.3 is 15.0 Å². The average molecular weight is 497 g/mol. The molecule has 36 heavy (non-hydrogen) atoms. The highest BCUT2D eigenvalue weighted by molar-refractivity contribution is 6.09. The SMILES string of the molecule is CC(=O)N(C)C.O=C(Nc1cn[nH]c1-c1cc2cn[nH]c2cc1OC(F)F)c1cnn2cccnc12. The number of aromatic amines is 2. The number of alkyl halides is 2. The molecule has 5 aromatic rings. The van der Waals surface area contributed by atoms with E-state index in [9.17, 15) is 18.4 Å². The van der Waals surface area contributed by atoms with Gasteiger partial charge in [0.1, 0.15) is 11.3 Å². The Morgan fingerprint density at radius 3 is 2.61 bits per heavy atom. The molecule has 12 nitrogen and oxygen atoms in total. The molecule has 0 radical (unpaired) electrons. The number of rotatable bonds is 5. The second kappa shape index (κ2) is 10.2. The number of hydrogen-bond donors (Lipinski definition) is 3. The van der Waals surface area contributed by atoms with Gasteiger partial charge in [0.25, 0.3) is 5.91 Å². The van der Waals surface area contributed by atoms with Gasteiger partial charge in [-0.2, -0.15) is 24.1 Å². The standard InChI is InChI=1S/C18H12F2N8O2.C4H9NO/c19-18(20)30-14-5-12-9(6-22-26-12)4-10(14)15-13(8-23-27-15)25-17(29)11-7-24-28-3-1-2-21-16(11)28;1-4(6)5(2)3/h1-8,18H,(H,22,26)(H,23,27)(H,25,29);1-3H3. The van der Waals surface area contributed by atoms with Crippen molar-refractivity contribution in [3.63, 3.8) is 0 Å². The molecule has 4 heterocycles. The maximum atomic E-state index is 13.0. The van der Waals surface area contributed by atoms with Gasteiger partial charge >= 0.3 is 6.61 Å². The molecule has 0 unspecified atom stereocenters. The number of ether oxygens (including phenoxy) is 1. The number of nitrogens with zero attached hydrogens (tertiary/aromatic N) is 6. The molecule has 0 aliphatic heterocycles. The smallest absolute Gasteiger partial charge is 0.387 e. The first-order valence-corrected chi connectivity index (χ1v) is 10.5. The maximum Gasteiger partial charge on any atom is 0.387 e. The molecule has 14 heteroatoms. The molecule has 186 valence electrons. The molecule has 0 atom stereocenters. The van der Waals surface area contributed by atoms with E-state index in [-0.39, 0.29) is 28.5 Å². The van der Waals surface area contributed by atoms with Crippen LogP contribution in [0, 0.1) is 0 Å². The van der Waals surface area contributed by atoms with Crippen molar-refractivity contribution >= 4 is 34.1 Å². The van der Waals surface area contributed by atoms with Crippen molar-refractivity contribution in [2.75, 3.05) is 19.4 Å². The molecule has 0 spiro atoms.